The molecule has 0 unspecified atom stereocenters. The van der Waals surface area contributed by atoms with Crippen LogP contribution in [-0.4, -0.2) is 22.9 Å². The van der Waals surface area contributed by atoms with E-state index >= 15 is 0 Å². The molecule has 0 N–H and O–H groups in total. The van der Waals surface area contributed by atoms with Crippen LogP contribution in [0.2, 0.25) is 4.34 Å². The first kappa shape index (κ1) is 11.2. The van der Waals surface area contributed by atoms with E-state index in [0.29, 0.717) is 10.0 Å². The summed E-state index contributed by atoms with van der Waals surface area (Å²) in [4.78, 5) is 12.3. The van der Waals surface area contributed by atoms with E-state index in [9.17, 15) is 4.79 Å². The van der Waals surface area contributed by atoms with Gasteiger partial charge in [0.05, 0.1) is 22.0 Å². The highest BCUT2D eigenvalue weighted by atomic mass is 35.5. The molecule has 0 amide bonds. The van der Waals surface area contributed by atoms with Crippen molar-refractivity contribution in [3.8, 4) is 10.6 Å². The van der Waals surface area contributed by atoms with Crippen LogP contribution in [-0.2, 0) is 11.8 Å². The van der Waals surface area contributed by atoms with Crippen LogP contribution < -0.4 is 0 Å². The average Bonchev–Trinajstić information content (AvgIpc) is 2.83. The summed E-state index contributed by atoms with van der Waals surface area (Å²) in [5.74, 6) is -0.440. The molecule has 2 heterocycles. The van der Waals surface area contributed by atoms with Crippen molar-refractivity contribution in [2.45, 2.75) is 0 Å². The molecule has 0 fully saturated rings. The Labute approximate surface area is 101 Å². The minimum absolute atomic E-state index is 0.296. The van der Waals surface area contributed by atoms with E-state index < -0.39 is 5.97 Å². The topological polar surface area (TPSA) is 44.1 Å². The van der Waals surface area contributed by atoms with Gasteiger partial charge in [-0.3, -0.25) is 4.68 Å². The number of ether oxygens (including phenoxy) is 1. The van der Waals surface area contributed by atoms with Crippen molar-refractivity contribution in [3.63, 3.8) is 0 Å². The van der Waals surface area contributed by atoms with Gasteiger partial charge in [-0.15, -0.1) is 11.3 Å². The minimum atomic E-state index is -0.440. The number of carbonyl (C=O) groups is 1. The fourth-order valence-corrected chi connectivity index (χ4v) is 2.44. The number of carbonyl (C=O) groups excluding carboxylic acids is 1. The van der Waals surface area contributed by atoms with E-state index in [1.54, 1.807) is 17.8 Å². The van der Waals surface area contributed by atoms with Crippen molar-refractivity contribution in [2.75, 3.05) is 7.11 Å². The summed E-state index contributed by atoms with van der Waals surface area (Å²) in [6.45, 7) is 0. The number of hydrogen-bond donors (Lipinski definition) is 0. The monoisotopic (exact) mass is 256 g/mol. The zero-order valence-electron chi connectivity index (χ0n) is 8.73. The first-order valence-electron chi connectivity index (χ1n) is 4.50. The van der Waals surface area contributed by atoms with Gasteiger partial charge in [-0.2, -0.15) is 5.10 Å². The highest BCUT2D eigenvalue weighted by molar-refractivity contribution is 7.19. The first-order chi connectivity index (χ1) is 7.61. The van der Waals surface area contributed by atoms with Crippen molar-refractivity contribution in [1.29, 1.82) is 0 Å². The van der Waals surface area contributed by atoms with E-state index in [1.165, 1.54) is 18.4 Å². The molecule has 0 atom stereocenters. The number of thiophene rings is 1. The van der Waals surface area contributed by atoms with E-state index in [1.807, 2.05) is 12.1 Å². The lowest BCUT2D eigenvalue weighted by Gasteiger charge is -1.95. The molecule has 0 saturated heterocycles. The fraction of sp³-hybridized carbons (Fsp3) is 0.200. The quantitative estimate of drug-likeness (QED) is 0.776. The van der Waals surface area contributed by atoms with Gasteiger partial charge in [-0.1, -0.05) is 11.6 Å². The Morgan fingerprint density at radius 3 is 2.88 bits per heavy atom. The maximum atomic E-state index is 11.3. The van der Waals surface area contributed by atoms with Gasteiger partial charge >= 0.3 is 5.97 Å². The molecule has 2 aromatic rings. The number of halogens is 1. The zero-order chi connectivity index (χ0) is 11.7. The molecule has 16 heavy (non-hydrogen) atoms. The fourth-order valence-electron chi connectivity index (χ4n) is 1.35. The molecule has 0 bridgehead atoms. The second-order valence-electron chi connectivity index (χ2n) is 3.13. The Bertz CT molecular complexity index is 533. The van der Waals surface area contributed by atoms with Crippen molar-refractivity contribution in [1.82, 2.24) is 9.78 Å². The maximum absolute atomic E-state index is 11.3. The van der Waals surface area contributed by atoms with Crippen molar-refractivity contribution < 1.29 is 9.53 Å². The number of esters is 1. The second kappa shape index (κ2) is 4.27. The van der Waals surface area contributed by atoms with Crippen molar-refractivity contribution >= 4 is 28.9 Å². The van der Waals surface area contributed by atoms with Gasteiger partial charge in [0, 0.05) is 7.05 Å². The van der Waals surface area contributed by atoms with Crippen LogP contribution in [0.25, 0.3) is 10.6 Å². The number of aryl methyl sites for hydroxylation is 1. The molecule has 0 aliphatic heterocycles. The van der Waals surface area contributed by atoms with Crippen LogP contribution in [0.1, 0.15) is 10.5 Å². The largest absolute Gasteiger partial charge is 0.464 e. The SMILES string of the molecule is COC(=O)c1cc(-c2ccc(Cl)s2)n(C)n1. The highest BCUT2D eigenvalue weighted by Crippen LogP contribution is 2.31. The normalized spacial score (nSPS) is 10.4. The number of hydrogen-bond acceptors (Lipinski definition) is 4. The summed E-state index contributed by atoms with van der Waals surface area (Å²) < 4.78 is 6.95. The van der Waals surface area contributed by atoms with Crippen LogP contribution >= 0.6 is 22.9 Å². The lowest BCUT2D eigenvalue weighted by molar-refractivity contribution is 0.0593. The van der Waals surface area contributed by atoms with Gasteiger partial charge < -0.3 is 4.74 Å². The molecule has 2 rings (SSSR count). The summed E-state index contributed by atoms with van der Waals surface area (Å²) in [7, 11) is 3.11. The van der Waals surface area contributed by atoms with Crippen LogP contribution in [0.4, 0.5) is 0 Å². The van der Waals surface area contributed by atoms with Crippen LogP contribution in [0.15, 0.2) is 18.2 Å². The number of methoxy groups -OCH3 is 1. The smallest absolute Gasteiger partial charge is 0.358 e. The summed E-state index contributed by atoms with van der Waals surface area (Å²) in [5, 5.41) is 4.07. The number of nitrogens with zero attached hydrogens (tertiary/aromatic N) is 2. The molecule has 6 heteroatoms. The van der Waals surface area contributed by atoms with Gasteiger partial charge in [0.15, 0.2) is 5.69 Å². The Morgan fingerprint density at radius 2 is 2.31 bits per heavy atom. The lowest BCUT2D eigenvalue weighted by Crippen LogP contribution is -2.02. The summed E-state index contributed by atoms with van der Waals surface area (Å²) in [5.41, 5.74) is 1.14. The third-order valence-corrected chi connectivity index (χ3v) is 3.35. The van der Waals surface area contributed by atoms with Gasteiger partial charge in [0.25, 0.3) is 0 Å². The Hall–Kier alpha value is -1.33. The molecule has 0 aliphatic rings. The van der Waals surface area contributed by atoms with Gasteiger partial charge in [0.2, 0.25) is 0 Å². The second-order valence-corrected chi connectivity index (χ2v) is 4.85. The Kier molecular flexibility index (Phi) is 2.98. The molecule has 0 saturated carbocycles. The molecule has 4 nitrogen and oxygen atoms in total. The van der Waals surface area contributed by atoms with E-state index in [-0.39, 0.29) is 0 Å². The zero-order valence-corrected chi connectivity index (χ0v) is 10.3. The number of aromatic nitrogens is 2. The van der Waals surface area contributed by atoms with Gasteiger partial charge in [-0.25, -0.2) is 4.79 Å². The van der Waals surface area contributed by atoms with Crippen LogP contribution in [0.3, 0.4) is 0 Å². The molecule has 0 spiro atoms. The number of rotatable bonds is 2. The molecule has 0 aliphatic carbocycles. The Balaban J connectivity index is 2.43. The highest BCUT2D eigenvalue weighted by Gasteiger charge is 2.14. The van der Waals surface area contributed by atoms with Crippen molar-refractivity contribution in [2.24, 2.45) is 7.05 Å². The maximum Gasteiger partial charge on any atom is 0.358 e. The third kappa shape index (κ3) is 1.96. The van der Waals surface area contributed by atoms with Crippen LogP contribution in [0.5, 0.6) is 0 Å². The van der Waals surface area contributed by atoms with E-state index in [2.05, 4.69) is 9.84 Å². The molecule has 2 aromatic heterocycles. The van der Waals surface area contributed by atoms with E-state index in [4.69, 9.17) is 11.6 Å². The summed E-state index contributed by atoms with van der Waals surface area (Å²) in [6.07, 6.45) is 0. The van der Waals surface area contributed by atoms with Gasteiger partial charge in [-0.05, 0) is 18.2 Å². The van der Waals surface area contributed by atoms with Crippen molar-refractivity contribution in [3.05, 3.63) is 28.2 Å². The predicted octanol–water partition coefficient (Wildman–Crippen LogP) is 2.59. The predicted molar refractivity (Wildman–Crippen MR) is 62.9 cm³/mol. The lowest BCUT2D eigenvalue weighted by atomic mass is 10.3. The first-order valence-corrected chi connectivity index (χ1v) is 5.69. The minimum Gasteiger partial charge on any atom is -0.464 e. The third-order valence-electron chi connectivity index (χ3n) is 2.10. The van der Waals surface area contributed by atoms with Gasteiger partial charge in [0.1, 0.15) is 0 Å². The standard InChI is InChI=1S/C10H9ClN2O2S/c1-13-7(8-3-4-9(11)16-8)5-6(12-13)10(14)15-2/h3-5H,1-2H3. The molecule has 0 radical (unpaired) electrons. The Morgan fingerprint density at radius 1 is 1.56 bits per heavy atom. The molecular weight excluding hydrogens is 248 g/mol. The summed E-state index contributed by atoms with van der Waals surface area (Å²) >= 11 is 7.30. The van der Waals surface area contributed by atoms with E-state index in [0.717, 1.165) is 10.6 Å². The molecular formula is C10H9ClN2O2S. The molecule has 84 valence electrons. The average molecular weight is 257 g/mol. The molecule has 0 aromatic carbocycles. The summed E-state index contributed by atoms with van der Waals surface area (Å²) in [6, 6.07) is 5.39. The van der Waals surface area contributed by atoms with Crippen LogP contribution in [0, 0.1) is 0 Å².